The fraction of sp³-hybridized carbons (Fsp3) is 0.533. The van der Waals surface area contributed by atoms with Gasteiger partial charge >= 0.3 is 0 Å². The fourth-order valence-electron chi connectivity index (χ4n) is 3.02. The van der Waals surface area contributed by atoms with Crippen LogP contribution in [0, 0.1) is 13.8 Å². The molecule has 22 heavy (non-hydrogen) atoms. The number of nitrogens with zero attached hydrogens (tertiary/aromatic N) is 4. The van der Waals surface area contributed by atoms with Crippen LogP contribution in [0.25, 0.3) is 0 Å². The smallest absolute Gasteiger partial charge is 0.242 e. The third kappa shape index (κ3) is 2.76. The molecule has 2 aromatic rings. The molecule has 3 rings (SSSR count). The summed E-state index contributed by atoms with van der Waals surface area (Å²) >= 11 is 0. The Kier molecular flexibility index (Phi) is 3.98. The van der Waals surface area contributed by atoms with E-state index in [0.717, 1.165) is 23.4 Å². The number of carbonyl (C=O) groups is 1. The maximum atomic E-state index is 12.2. The number of aromatic nitrogens is 4. The van der Waals surface area contributed by atoms with Gasteiger partial charge in [-0.3, -0.25) is 14.2 Å². The van der Waals surface area contributed by atoms with Crippen molar-refractivity contribution in [2.24, 2.45) is 7.05 Å². The van der Waals surface area contributed by atoms with E-state index in [1.807, 2.05) is 25.6 Å². The van der Waals surface area contributed by atoms with Crippen molar-refractivity contribution in [3.05, 3.63) is 35.4 Å². The van der Waals surface area contributed by atoms with Gasteiger partial charge in [0.1, 0.15) is 12.6 Å². The molecule has 1 saturated heterocycles. The molecule has 1 fully saturated rings. The fourth-order valence-corrected chi connectivity index (χ4v) is 3.02. The first-order valence-electron chi connectivity index (χ1n) is 7.44. The second-order valence-corrected chi connectivity index (χ2v) is 5.67. The minimum atomic E-state index is -0.129. The van der Waals surface area contributed by atoms with E-state index in [0.29, 0.717) is 6.61 Å². The first-order chi connectivity index (χ1) is 10.6. The second-order valence-electron chi connectivity index (χ2n) is 5.67. The Bertz CT molecular complexity index is 662. The molecule has 3 heterocycles. The van der Waals surface area contributed by atoms with Crippen LogP contribution in [0.3, 0.4) is 0 Å². The minimum absolute atomic E-state index is 0.0235. The van der Waals surface area contributed by atoms with Gasteiger partial charge in [0, 0.05) is 37.3 Å². The van der Waals surface area contributed by atoms with Gasteiger partial charge in [-0.2, -0.15) is 10.2 Å². The lowest BCUT2D eigenvalue weighted by Crippen LogP contribution is -2.39. The van der Waals surface area contributed by atoms with Crippen molar-refractivity contribution in [2.45, 2.75) is 39.0 Å². The lowest BCUT2D eigenvalue weighted by Gasteiger charge is -2.20. The zero-order valence-corrected chi connectivity index (χ0v) is 13.1. The Labute approximate surface area is 129 Å². The Morgan fingerprint density at radius 3 is 2.95 bits per heavy atom. The molecule has 1 aliphatic heterocycles. The van der Waals surface area contributed by atoms with E-state index in [2.05, 4.69) is 15.5 Å². The molecular weight excluding hydrogens is 282 g/mol. The van der Waals surface area contributed by atoms with Crippen LogP contribution in [-0.4, -0.2) is 38.1 Å². The summed E-state index contributed by atoms with van der Waals surface area (Å²) in [6, 6.07) is 1.78. The number of hydrogen-bond donors (Lipinski definition) is 1. The maximum Gasteiger partial charge on any atom is 0.242 e. The normalized spacial score (nSPS) is 21.2. The summed E-state index contributed by atoms with van der Waals surface area (Å²) < 4.78 is 9.34. The van der Waals surface area contributed by atoms with Gasteiger partial charge < -0.3 is 10.1 Å². The molecule has 2 atom stereocenters. The third-order valence-corrected chi connectivity index (χ3v) is 4.15. The largest absolute Gasteiger partial charge is 0.371 e. The van der Waals surface area contributed by atoms with E-state index < -0.39 is 0 Å². The highest BCUT2D eigenvalue weighted by Gasteiger charge is 2.34. The zero-order chi connectivity index (χ0) is 15.7. The van der Waals surface area contributed by atoms with Gasteiger partial charge in [0.2, 0.25) is 5.91 Å². The van der Waals surface area contributed by atoms with Crippen LogP contribution in [0.15, 0.2) is 18.5 Å². The third-order valence-electron chi connectivity index (χ3n) is 4.15. The predicted octanol–water partition coefficient (Wildman–Crippen LogP) is 0.880. The Balaban J connectivity index is 1.72. The summed E-state index contributed by atoms with van der Waals surface area (Å²) in [5.41, 5.74) is 3.12. The quantitative estimate of drug-likeness (QED) is 0.910. The van der Waals surface area contributed by atoms with E-state index in [9.17, 15) is 4.79 Å². The van der Waals surface area contributed by atoms with Crippen LogP contribution < -0.4 is 5.32 Å². The first kappa shape index (κ1) is 14.8. The Morgan fingerprint density at radius 1 is 1.50 bits per heavy atom. The highest BCUT2D eigenvalue weighted by atomic mass is 16.5. The van der Waals surface area contributed by atoms with E-state index >= 15 is 0 Å². The lowest BCUT2D eigenvalue weighted by atomic mass is 10.0. The van der Waals surface area contributed by atoms with E-state index in [4.69, 9.17) is 4.74 Å². The molecule has 118 valence electrons. The number of aryl methyl sites for hydroxylation is 2. The predicted molar refractivity (Wildman–Crippen MR) is 80.1 cm³/mol. The molecule has 1 N–H and O–H groups in total. The van der Waals surface area contributed by atoms with E-state index in [-0.39, 0.29) is 24.6 Å². The molecule has 2 aromatic heterocycles. The highest BCUT2D eigenvalue weighted by Crippen LogP contribution is 2.33. The highest BCUT2D eigenvalue weighted by molar-refractivity contribution is 5.76. The van der Waals surface area contributed by atoms with Crippen LogP contribution in [-0.2, 0) is 23.1 Å². The summed E-state index contributed by atoms with van der Waals surface area (Å²) in [5.74, 6) is -0.0524. The van der Waals surface area contributed by atoms with Crippen LogP contribution >= 0.6 is 0 Å². The molecule has 0 unspecified atom stereocenters. The van der Waals surface area contributed by atoms with Gasteiger partial charge in [0.25, 0.3) is 0 Å². The summed E-state index contributed by atoms with van der Waals surface area (Å²) in [6.07, 6.45) is 4.12. The molecule has 0 saturated carbocycles. The first-order valence-corrected chi connectivity index (χ1v) is 7.44. The molecule has 0 aliphatic carbocycles. The molecule has 1 amide bonds. The average Bonchev–Trinajstić information content (AvgIpc) is 3.15. The monoisotopic (exact) mass is 303 g/mol. The standard InChI is InChI=1S/C15H21N5O2/c1-10-14(11(2)19(3)18-10)15-12(5-8-22-15)17-13(21)9-20-7-4-6-16-20/h4,6-7,12,15H,5,8-9H2,1-3H3,(H,17,21)/t12-,15-/m0/s1. The Hall–Kier alpha value is -2.15. The van der Waals surface area contributed by atoms with Crippen LogP contribution in [0.4, 0.5) is 0 Å². The molecule has 0 spiro atoms. The second kappa shape index (κ2) is 5.92. The van der Waals surface area contributed by atoms with E-state index in [1.165, 1.54) is 0 Å². The Morgan fingerprint density at radius 2 is 2.32 bits per heavy atom. The van der Waals surface area contributed by atoms with Crippen molar-refractivity contribution < 1.29 is 9.53 Å². The van der Waals surface area contributed by atoms with Crippen molar-refractivity contribution >= 4 is 5.91 Å². The van der Waals surface area contributed by atoms with Crippen LogP contribution in [0.2, 0.25) is 0 Å². The summed E-state index contributed by atoms with van der Waals surface area (Å²) in [4.78, 5) is 12.2. The van der Waals surface area contributed by atoms with E-state index in [1.54, 1.807) is 23.1 Å². The molecule has 0 radical (unpaired) electrons. The summed E-state index contributed by atoms with van der Waals surface area (Å²) in [5, 5.41) is 11.6. The number of hydrogen-bond acceptors (Lipinski definition) is 4. The van der Waals surface area contributed by atoms with Crippen molar-refractivity contribution in [1.82, 2.24) is 24.9 Å². The SMILES string of the molecule is Cc1nn(C)c(C)c1[C@H]1OCC[C@@H]1NC(=O)Cn1cccn1. The van der Waals surface area contributed by atoms with Crippen molar-refractivity contribution in [1.29, 1.82) is 0 Å². The van der Waals surface area contributed by atoms with Gasteiger partial charge in [0.15, 0.2) is 0 Å². The number of nitrogens with one attached hydrogen (secondary N) is 1. The summed E-state index contributed by atoms with van der Waals surface area (Å²) in [7, 11) is 1.92. The van der Waals surface area contributed by atoms with Gasteiger partial charge in [-0.1, -0.05) is 0 Å². The molecule has 7 nitrogen and oxygen atoms in total. The number of amides is 1. The molecule has 7 heteroatoms. The van der Waals surface area contributed by atoms with Gasteiger partial charge in [-0.05, 0) is 26.3 Å². The zero-order valence-electron chi connectivity index (χ0n) is 13.1. The van der Waals surface area contributed by atoms with Gasteiger partial charge in [0.05, 0.1) is 11.7 Å². The minimum Gasteiger partial charge on any atom is -0.371 e. The molecular formula is C15H21N5O2. The van der Waals surface area contributed by atoms with Gasteiger partial charge in [-0.15, -0.1) is 0 Å². The molecule has 0 bridgehead atoms. The van der Waals surface area contributed by atoms with Crippen molar-refractivity contribution in [3.63, 3.8) is 0 Å². The maximum absolute atomic E-state index is 12.2. The van der Waals surface area contributed by atoms with Crippen molar-refractivity contribution in [3.8, 4) is 0 Å². The van der Waals surface area contributed by atoms with Crippen molar-refractivity contribution in [2.75, 3.05) is 6.61 Å². The molecule has 0 aromatic carbocycles. The number of carbonyl (C=O) groups excluding carboxylic acids is 1. The van der Waals surface area contributed by atoms with Gasteiger partial charge in [-0.25, -0.2) is 0 Å². The van der Waals surface area contributed by atoms with Crippen LogP contribution in [0.1, 0.15) is 29.5 Å². The number of rotatable bonds is 4. The molecule has 1 aliphatic rings. The summed E-state index contributed by atoms with van der Waals surface area (Å²) in [6.45, 7) is 4.87. The van der Waals surface area contributed by atoms with Crippen LogP contribution in [0.5, 0.6) is 0 Å². The number of ether oxygens (including phenoxy) is 1. The lowest BCUT2D eigenvalue weighted by molar-refractivity contribution is -0.123. The topological polar surface area (TPSA) is 74.0 Å². The average molecular weight is 303 g/mol.